The highest BCUT2D eigenvalue weighted by Crippen LogP contribution is 2.24. The summed E-state index contributed by atoms with van der Waals surface area (Å²) >= 11 is 1.60. The molecule has 0 atom stereocenters. The molecule has 0 spiro atoms. The predicted octanol–water partition coefficient (Wildman–Crippen LogP) is 1.70. The third-order valence-electron chi connectivity index (χ3n) is 1.73. The van der Waals surface area contributed by atoms with E-state index in [1.54, 1.807) is 24.0 Å². The van der Waals surface area contributed by atoms with Gasteiger partial charge < -0.3 is 9.63 Å². The fraction of sp³-hybridized carbons (Fsp3) is 0.222. The topological polar surface area (TPSA) is 72.0 Å². The van der Waals surface area contributed by atoms with Crippen LogP contribution in [0, 0.1) is 0 Å². The molecule has 0 unspecified atom stereocenters. The van der Waals surface area contributed by atoms with E-state index in [4.69, 9.17) is 4.52 Å². The van der Waals surface area contributed by atoms with E-state index < -0.39 is 0 Å². The van der Waals surface area contributed by atoms with Crippen LogP contribution in [0.25, 0.3) is 11.6 Å². The normalized spacial score (nSPS) is 10.5. The summed E-state index contributed by atoms with van der Waals surface area (Å²) in [5.41, 5.74) is 0.317. The lowest BCUT2D eigenvalue weighted by molar-refractivity contribution is 0.417. The first kappa shape index (κ1) is 9.97. The van der Waals surface area contributed by atoms with Crippen molar-refractivity contribution in [1.82, 2.24) is 15.1 Å². The average molecular weight is 223 g/mol. The van der Waals surface area contributed by atoms with Crippen LogP contribution in [0.4, 0.5) is 0 Å². The summed E-state index contributed by atoms with van der Waals surface area (Å²) in [5.74, 6) is 1.56. The Morgan fingerprint density at radius 1 is 1.53 bits per heavy atom. The smallest absolute Gasteiger partial charge is 0.280 e. The number of hydrogen-bond donors (Lipinski definition) is 1. The first-order valence-electron chi connectivity index (χ1n) is 4.27. The molecule has 2 aromatic rings. The van der Waals surface area contributed by atoms with Crippen LogP contribution in [-0.2, 0) is 5.75 Å². The fourth-order valence-electron chi connectivity index (χ4n) is 1.10. The molecule has 5 nitrogen and oxygen atoms in total. The molecule has 0 aromatic carbocycles. The summed E-state index contributed by atoms with van der Waals surface area (Å²) in [5, 5.41) is 13.3. The van der Waals surface area contributed by atoms with Crippen LogP contribution in [0.5, 0.6) is 5.75 Å². The van der Waals surface area contributed by atoms with E-state index in [0.29, 0.717) is 17.3 Å². The summed E-state index contributed by atoms with van der Waals surface area (Å²) in [7, 11) is 0. The molecule has 2 heterocycles. The van der Waals surface area contributed by atoms with E-state index in [-0.39, 0.29) is 11.6 Å². The van der Waals surface area contributed by atoms with E-state index in [0.717, 1.165) is 0 Å². The summed E-state index contributed by atoms with van der Waals surface area (Å²) in [6.07, 6.45) is 3.52. The maximum atomic E-state index is 9.51. The second kappa shape index (κ2) is 4.31. The molecule has 0 aliphatic carbocycles. The minimum atomic E-state index is 0.0388. The Morgan fingerprint density at radius 3 is 3.13 bits per heavy atom. The van der Waals surface area contributed by atoms with Crippen molar-refractivity contribution in [3.63, 3.8) is 0 Å². The quantitative estimate of drug-likeness (QED) is 0.853. The SMILES string of the molecule is CSCc1noc(-c2ncccc2O)n1. The minimum absolute atomic E-state index is 0.0388. The van der Waals surface area contributed by atoms with Gasteiger partial charge in [0.2, 0.25) is 0 Å². The van der Waals surface area contributed by atoms with Gasteiger partial charge in [0.05, 0.1) is 5.75 Å². The molecule has 78 valence electrons. The van der Waals surface area contributed by atoms with Gasteiger partial charge in [-0.05, 0) is 18.4 Å². The number of pyridine rings is 1. The van der Waals surface area contributed by atoms with Crippen LogP contribution in [0.15, 0.2) is 22.9 Å². The van der Waals surface area contributed by atoms with Crippen molar-refractivity contribution >= 4 is 11.8 Å². The van der Waals surface area contributed by atoms with Crippen LogP contribution >= 0.6 is 11.8 Å². The average Bonchev–Trinajstić information content (AvgIpc) is 2.68. The Morgan fingerprint density at radius 2 is 2.40 bits per heavy atom. The Labute approximate surface area is 90.5 Å². The monoisotopic (exact) mass is 223 g/mol. The highest BCUT2D eigenvalue weighted by molar-refractivity contribution is 7.97. The van der Waals surface area contributed by atoms with Gasteiger partial charge in [-0.2, -0.15) is 16.7 Å². The summed E-state index contributed by atoms with van der Waals surface area (Å²) < 4.78 is 4.99. The molecule has 2 rings (SSSR count). The lowest BCUT2D eigenvalue weighted by Crippen LogP contribution is -1.85. The Balaban J connectivity index is 2.33. The van der Waals surface area contributed by atoms with E-state index in [2.05, 4.69) is 15.1 Å². The van der Waals surface area contributed by atoms with Crippen LogP contribution in [0.1, 0.15) is 5.82 Å². The van der Waals surface area contributed by atoms with Crippen molar-refractivity contribution in [2.24, 2.45) is 0 Å². The van der Waals surface area contributed by atoms with Crippen molar-refractivity contribution < 1.29 is 9.63 Å². The number of aromatic nitrogens is 3. The standard InChI is InChI=1S/C9H9N3O2S/c1-15-5-7-11-9(14-12-7)8-6(13)3-2-4-10-8/h2-4,13H,5H2,1H3. The Bertz CT molecular complexity index is 458. The van der Waals surface area contributed by atoms with Gasteiger partial charge in [0.15, 0.2) is 11.5 Å². The predicted molar refractivity (Wildman–Crippen MR) is 56.4 cm³/mol. The molecular weight excluding hydrogens is 214 g/mol. The molecule has 0 saturated carbocycles. The van der Waals surface area contributed by atoms with Gasteiger partial charge in [0, 0.05) is 6.20 Å². The van der Waals surface area contributed by atoms with Crippen molar-refractivity contribution in [1.29, 1.82) is 0 Å². The lowest BCUT2D eigenvalue weighted by Gasteiger charge is -1.95. The molecule has 0 saturated heterocycles. The molecule has 0 aliphatic heterocycles. The number of thioether (sulfide) groups is 1. The van der Waals surface area contributed by atoms with Crippen molar-refractivity contribution in [3.8, 4) is 17.3 Å². The molecule has 15 heavy (non-hydrogen) atoms. The van der Waals surface area contributed by atoms with Crippen LogP contribution in [0.3, 0.4) is 0 Å². The summed E-state index contributed by atoms with van der Waals surface area (Å²) in [6, 6.07) is 3.17. The zero-order valence-electron chi connectivity index (χ0n) is 8.04. The highest BCUT2D eigenvalue weighted by atomic mass is 32.2. The van der Waals surface area contributed by atoms with Gasteiger partial charge in [-0.3, -0.25) is 0 Å². The van der Waals surface area contributed by atoms with E-state index in [1.165, 1.54) is 6.07 Å². The van der Waals surface area contributed by atoms with Gasteiger partial charge >= 0.3 is 0 Å². The second-order valence-electron chi connectivity index (χ2n) is 2.82. The zero-order valence-corrected chi connectivity index (χ0v) is 8.86. The molecule has 0 bridgehead atoms. The lowest BCUT2D eigenvalue weighted by atomic mass is 10.3. The Hall–Kier alpha value is -1.56. The molecule has 0 aliphatic rings. The maximum Gasteiger partial charge on any atom is 0.280 e. The van der Waals surface area contributed by atoms with Gasteiger partial charge in [-0.15, -0.1) is 0 Å². The molecule has 0 fully saturated rings. The van der Waals surface area contributed by atoms with Gasteiger partial charge in [0.25, 0.3) is 5.89 Å². The number of nitrogens with zero attached hydrogens (tertiary/aromatic N) is 3. The van der Waals surface area contributed by atoms with Gasteiger partial charge in [-0.25, -0.2) is 4.98 Å². The van der Waals surface area contributed by atoms with Crippen molar-refractivity contribution in [3.05, 3.63) is 24.2 Å². The molecule has 0 amide bonds. The van der Waals surface area contributed by atoms with E-state index >= 15 is 0 Å². The largest absolute Gasteiger partial charge is 0.505 e. The molecule has 1 N–H and O–H groups in total. The molecule has 2 aromatic heterocycles. The molecule has 6 heteroatoms. The van der Waals surface area contributed by atoms with E-state index in [9.17, 15) is 5.11 Å². The minimum Gasteiger partial charge on any atom is -0.505 e. The fourth-order valence-corrected chi connectivity index (χ4v) is 1.47. The number of rotatable bonds is 3. The van der Waals surface area contributed by atoms with Crippen molar-refractivity contribution in [2.45, 2.75) is 5.75 Å². The summed E-state index contributed by atoms with van der Waals surface area (Å²) in [6.45, 7) is 0. The number of hydrogen-bond acceptors (Lipinski definition) is 6. The Kier molecular flexibility index (Phi) is 2.86. The second-order valence-corrected chi connectivity index (χ2v) is 3.69. The first-order valence-corrected chi connectivity index (χ1v) is 5.66. The number of aromatic hydroxyl groups is 1. The third kappa shape index (κ3) is 2.10. The van der Waals surface area contributed by atoms with Gasteiger partial charge in [0.1, 0.15) is 5.75 Å². The van der Waals surface area contributed by atoms with Crippen LogP contribution in [-0.4, -0.2) is 26.5 Å². The third-order valence-corrected chi connectivity index (χ3v) is 2.28. The zero-order chi connectivity index (χ0) is 10.7. The maximum absolute atomic E-state index is 9.51. The van der Waals surface area contributed by atoms with Gasteiger partial charge in [-0.1, -0.05) is 5.16 Å². The highest BCUT2D eigenvalue weighted by Gasteiger charge is 2.13. The molecular formula is C9H9N3O2S. The summed E-state index contributed by atoms with van der Waals surface area (Å²) in [4.78, 5) is 8.08. The molecule has 0 radical (unpaired) electrons. The van der Waals surface area contributed by atoms with E-state index in [1.807, 2.05) is 6.26 Å². The van der Waals surface area contributed by atoms with Crippen LogP contribution < -0.4 is 0 Å². The first-order chi connectivity index (χ1) is 7.31. The van der Waals surface area contributed by atoms with Crippen molar-refractivity contribution in [2.75, 3.05) is 6.26 Å². The van der Waals surface area contributed by atoms with Crippen LogP contribution in [0.2, 0.25) is 0 Å².